The van der Waals surface area contributed by atoms with Gasteiger partial charge in [-0.1, -0.05) is 0 Å². The molecule has 0 saturated carbocycles. The van der Waals surface area contributed by atoms with Crippen LogP contribution in [0.5, 0.6) is 0 Å². The van der Waals surface area contributed by atoms with E-state index in [2.05, 4.69) is 0 Å². The first kappa shape index (κ1) is 11.0. The fourth-order valence-electron chi connectivity index (χ4n) is 0.368. The normalized spacial score (nSPS) is 15.4. The molecule has 0 atom stereocenters. The van der Waals surface area contributed by atoms with Gasteiger partial charge in [-0.15, -0.1) is 0 Å². The van der Waals surface area contributed by atoms with Crippen molar-refractivity contribution in [2.45, 2.75) is 0 Å². The third-order valence-corrected chi connectivity index (χ3v) is 6.72. The van der Waals surface area contributed by atoms with Crippen LogP contribution < -0.4 is 34.7 Å². The summed E-state index contributed by atoms with van der Waals surface area (Å²) in [5, 5.41) is 10.2. The molecular formula is C5H3NaO2Se2. The van der Waals surface area contributed by atoms with Crippen molar-refractivity contribution >= 4 is 32.2 Å². The van der Waals surface area contributed by atoms with E-state index in [1.165, 1.54) is 0 Å². The number of allylic oxidation sites excluding steroid dienone is 2. The molecule has 0 saturated heterocycles. The predicted octanol–water partition coefficient (Wildman–Crippen LogP) is -4.53. The fraction of sp³-hybridized carbons (Fsp3) is 0. The summed E-state index contributed by atoms with van der Waals surface area (Å²) in [6.07, 6.45) is 3.41. The van der Waals surface area contributed by atoms with Crippen LogP contribution in [0, 0.1) is 0 Å². The van der Waals surface area contributed by atoms with E-state index >= 15 is 0 Å². The van der Waals surface area contributed by atoms with Crippen LogP contribution in [-0.4, -0.2) is 32.2 Å². The van der Waals surface area contributed by atoms with Crippen LogP contribution in [0.25, 0.3) is 0 Å². The standard InChI is InChI=1S/C5H4O2Se2.Na/c6-5(7)4-2-1-3-8-9-4;/h1-3H,(H,6,7);/q;+1/p-1. The van der Waals surface area contributed by atoms with E-state index < -0.39 is 5.97 Å². The van der Waals surface area contributed by atoms with Gasteiger partial charge in [0.15, 0.2) is 0 Å². The smallest absolute Gasteiger partial charge is 1.00 e. The molecule has 1 rings (SSSR count). The number of hydrogen-bond donors (Lipinski definition) is 0. The first-order chi connectivity index (χ1) is 4.30. The molecule has 5 heteroatoms. The van der Waals surface area contributed by atoms with Gasteiger partial charge in [0.25, 0.3) is 0 Å². The van der Waals surface area contributed by atoms with Gasteiger partial charge in [-0.3, -0.25) is 0 Å². The summed E-state index contributed by atoms with van der Waals surface area (Å²) >= 11 is 0.567. The second-order valence-electron chi connectivity index (χ2n) is 1.33. The predicted molar refractivity (Wildman–Crippen MR) is 33.7 cm³/mol. The molecule has 2 nitrogen and oxygen atoms in total. The third-order valence-electron chi connectivity index (χ3n) is 0.721. The van der Waals surface area contributed by atoms with Crippen molar-refractivity contribution in [1.29, 1.82) is 0 Å². The number of carboxylic acids is 1. The molecule has 10 heavy (non-hydrogen) atoms. The van der Waals surface area contributed by atoms with Crippen LogP contribution in [0.4, 0.5) is 0 Å². The van der Waals surface area contributed by atoms with Gasteiger partial charge in [-0.25, -0.2) is 0 Å². The molecule has 0 radical (unpaired) electrons. The molecule has 1 aliphatic heterocycles. The average Bonchev–Trinajstić information content (AvgIpc) is 1.90. The number of carboxylic acid groups (broad SMARTS) is 1. The summed E-state index contributed by atoms with van der Waals surface area (Å²) < 4.78 is 0.491. The van der Waals surface area contributed by atoms with Crippen molar-refractivity contribution in [2.24, 2.45) is 0 Å². The van der Waals surface area contributed by atoms with Gasteiger partial charge in [0, 0.05) is 0 Å². The quantitative estimate of drug-likeness (QED) is 0.453. The van der Waals surface area contributed by atoms with Crippen LogP contribution in [-0.2, 0) is 4.79 Å². The Kier molecular flexibility index (Phi) is 6.17. The first-order valence-corrected chi connectivity index (χ1v) is 8.40. The van der Waals surface area contributed by atoms with Crippen LogP contribution >= 0.6 is 0 Å². The van der Waals surface area contributed by atoms with Crippen molar-refractivity contribution in [3.05, 3.63) is 21.6 Å². The monoisotopic (exact) mass is 278 g/mol. The Hall–Kier alpha value is 0.989. The molecule has 0 aromatic rings. The minimum Gasteiger partial charge on any atom is 1.00 e. The zero-order chi connectivity index (χ0) is 6.69. The Bertz CT molecular complexity index is 188. The number of carbonyl (C=O) groups is 1. The van der Waals surface area contributed by atoms with Crippen LogP contribution in [0.15, 0.2) is 21.6 Å². The number of aliphatic carboxylic acids is 1. The van der Waals surface area contributed by atoms with Crippen molar-refractivity contribution in [2.75, 3.05) is 0 Å². The summed E-state index contributed by atoms with van der Waals surface area (Å²) in [6.45, 7) is 0. The topological polar surface area (TPSA) is 40.1 Å². The largest absolute Gasteiger partial charge is 1.00 e. The molecule has 0 N–H and O–H groups in total. The van der Waals surface area contributed by atoms with E-state index in [1.807, 2.05) is 4.97 Å². The van der Waals surface area contributed by atoms with Crippen LogP contribution in [0.3, 0.4) is 0 Å². The summed E-state index contributed by atoms with van der Waals surface area (Å²) in [7, 11) is 0. The molecule has 0 unspecified atom stereocenters. The van der Waals surface area contributed by atoms with Crippen molar-refractivity contribution in [3.8, 4) is 0 Å². The zero-order valence-corrected chi connectivity index (χ0v) is 10.8. The molecule has 0 amide bonds. The van der Waals surface area contributed by atoms with Crippen molar-refractivity contribution in [3.63, 3.8) is 0 Å². The van der Waals surface area contributed by atoms with Gasteiger partial charge in [0.2, 0.25) is 0 Å². The zero-order valence-electron chi connectivity index (χ0n) is 5.37. The number of rotatable bonds is 1. The van der Waals surface area contributed by atoms with Gasteiger partial charge >= 0.3 is 93.3 Å². The Balaban J connectivity index is 0.000000810. The van der Waals surface area contributed by atoms with Gasteiger partial charge in [-0.2, -0.15) is 0 Å². The maximum absolute atomic E-state index is 10.2. The Morgan fingerprint density at radius 1 is 1.60 bits per heavy atom. The molecule has 0 spiro atoms. The Morgan fingerprint density at radius 2 is 2.30 bits per heavy atom. The van der Waals surface area contributed by atoms with E-state index in [1.54, 1.807) is 12.2 Å². The van der Waals surface area contributed by atoms with Gasteiger partial charge in [0.05, 0.1) is 0 Å². The summed E-state index contributed by atoms with van der Waals surface area (Å²) in [6, 6.07) is 0. The molecule has 0 aliphatic carbocycles. The molecule has 0 fully saturated rings. The summed E-state index contributed by atoms with van der Waals surface area (Å²) in [4.78, 5) is 12.2. The van der Waals surface area contributed by atoms with E-state index in [4.69, 9.17) is 0 Å². The summed E-state index contributed by atoms with van der Waals surface area (Å²) in [5.41, 5.74) is 0. The molecule has 1 aliphatic rings. The molecule has 48 valence electrons. The number of hydrogen-bond acceptors (Lipinski definition) is 2. The van der Waals surface area contributed by atoms with E-state index in [0.717, 1.165) is 0 Å². The number of carbonyl (C=O) groups excluding carboxylic acids is 1. The van der Waals surface area contributed by atoms with E-state index in [9.17, 15) is 9.90 Å². The second-order valence-corrected chi connectivity index (χ2v) is 7.49. The second kappa shape index (κ2) is 5.62. The van der Waals surface area contributed by atoms with Crippen LogP contribution in [0.1, 0.15) is 0 Å². The average molecular weight is 276 g/mol. The Labute approximate surface area is 92.3 Å². The van der Waals surface area contributed by atoms with Gasteiger partial charge < -0.3 is 0 Å². The molecule has 0 aromatic heterocycles. The SMILES string of the molecule is O=C([O-])C1=CC=C[Se][Se]1.[Na+]. The maximum Gasteiger partial charge on any atom is 1.00 e. The minimum atomic E-state index is -0.999. The van der Waals surface area contributed by atoms with Gasteiger partial charge in [0.1, 0.15) is 0 Å². The van der Waals surface area contributed by atoms with E-state index in [-0.39, 0.29) is 42.7 Å². The Morgan fingerprint density at radius 3 is 2.60 bits per heavy atom. The van der Waals surface area contributed by atoms with Crippen LogP contribution in [0.2, 0.25) is 0 Å². The molecule has 1 heterocycles. The maximum atomic E-state index is 10.2. The fourth-order valence-corrected chi connectivity index (χ4v) is 5.21. The van der Waals surface area contributed by atoms with Gasteiger partial charge in [-0.05, 0) is 0 Å². The minimum absolute atomic E-state index is 0. The molecule has 0 aromatic carbocycles. The molecular weight excluding hydrogens is 273 g/mol. The van der Waals surface area contributed by atoms with E-state index in [0.29, 0.717) is 17.6 Å². The first-order valence-electron chi connectivity index (χ1n) is 2.22. The summed E-state index contributed by atoms with van der Waals surface area (Å²) in [5.74, 6) is -0.999. The molecule has 0 bridgehead atoms. The van der Waals surface area contributed by atoms with Crippen molar-refractivity contribution < 1.29 is 39.5 Å². The third kappa shape index (κ3) is 3.40. The van der Waals surface area contributed by atoms with Crippen molar-refractivity contribution in [1.82, 2.24) is 0 Å².